The van der Waals surface area contributed by atoms with Crippen molar-refractivity contribution in [2.75, 3.05) is 0 Å². The molecule has 0 amide bonds. The fraction of sp³-hybridized carbons (Fsp3) is 0.444. The standard InChI is InChI=1S/C18H20/c1-5-14-9-8-13(4)15(10-14)16(6-2)18-11-17(18,7-3)12-18/h3,6,8-10H,5,11-12H2,1-2,4H3/b16-6+. The number of benzene rings is 1. The van der Waals surface area contributed by atoms with Gasteiger partial charge >= 0.3 is 0 Å². The molecule has 0 nitrogen and oxygen atoms in total. The maximum atomic E-state index is 5.68. The summed E-state index contributed by atoms with van der Waals surface area (Å²) >= 11 is 0. The molecule has 2 fully saturated rings. The van der Waals surface area contributed by atoms with E-state index < -0.39 is 0 Å². The van der Waals surface area contributed by atoms with Crippen molar-refractivity contribution in [2.24, 2.45) is 10.8 Å². The van der Waals surface area contributed by atoms with E-state index in [0.717, 1.165) is 6.42 Å². The fourth-order valence-corrected chi connectivity index (χ4v) is 3.45. The molecule has 0 aromatic heterocycles. The highest BCUT2D eigenvalue weighted by molar-refractivity contribution is 5.82. The molecule has 0 N–H and O–H groups in total. The van der Waals surface area contributed by atoms with Crippen molar-refractivity contribution in [3.63, 3.8) is 0 Å². The molecule has 0 saturated heterocycles. The lowest BCUT2D eigenvalue weighted by Gasteiger charge is -2.14. The zero-order chi connectivity index (χ0) is 13.0. The Kier molecular flexibility index (Phi) is 2.26. The normalized spacial score (nSPS) is 32.7. The Labute approximate surface area is 110 Å². The first-order chi connectivity index (χ1) is 8.62. The first kappa shape index (κ1) is 11.6. The molecule has 18 heavy (non-hydrogen) atoms. The van der Waals surface area contributed by atoms with E-state index in [1.54, 1.807) is 0 Å². The molecule has 2 aliphatic rings. The number of terminal acetylenes is 1. The van der Waals surface area contributed by atoms with Crippen molar-refractivity contribution in [1.29, 1.82) is 0 Å². The van der Waals surface area contributed by atoms with Crippen molar-refractivity contribution >= 4 is 5.57 Å². The maximum Gasteiger partial charge on any atom is 0.0427 e. The Balaban J connectivity index is 2.03. The van der Waals surface area contributed by atoms with Gasteiger partial charge in [-0.25, -0.2) is 0 Å². The average Bonchev–Trinajstić information content (AvgIpc) is 3.19. The highest BCUT2D eigenvalue weighted by atomic mass is 14.8. The molecule has 0 unspecified atom stereocenters. The van der Waals surface area contributed by atoms with E-state index in [1.165, 1.54) is 35.1 Å². The minimum absolute atomic E-state index is 0.226. The lowest BCUT2D eigenvalue weighted by atomic mass is 9.90. The van der Waals surface area contributed by atoms with Gasteiger partial charge in [-0.05, 0) is 55.4 Å². The third-order valence-corrected chi connectivity index (χ3v) is 4.95. The molecule has 0 radical (unpaired) electrons. The molecule has 0 bridgehead atoms. The van der Waals surface area contributed by atoms with Crippen LogP contribution in [-0.4, -0.2) is 0 Å². The van der Waals surface area contributed by atoms with Crippen LogP contribution in [0.4, 0.5) is 0 Å². The van der Waals surface area contributed by atoms with Gasteiger partial charge in [0.1, 0.15) is 0 Å². The number of rotatable bonds is 3. The largest absolute Gasteiger partial charge is 0.119 e. The molecule has 0 heterocycles. The van der Waals surface area contributed by atoms with Crippen LogP contribution in [0.3, 0.4) is 0 Å². The molecule has 0 heteroatoms. The van der Waals surface area contributed by atoms with E-state index >= 15 is 0 Å². The molecular formula is C18H20. The lowest BCUT2D eigenvalue weighted by Crippen LogP contribution is -1.97. The van der Waals surface area contributed by atoms with Gasteiger partial charge in [-0.15, -0.1) is 6.42 Å². The van der Waals surface area contributed by atoms with Crippen LogP contribution < -0.4 is 0 Å². The topological polar surface area (TPSA) is 0 Å². The zero-order valence-corrected chi connectivity index (χ0v) is 11.5. The predicted molar refractivity (Wildman–Crippen MR) is 77.1 cm³/mol. The number of hydrogen-bond donors (Lipinski definition) is 0. The SMILES string of the molecule is C#CC12CC1(/C(=C/C)c1cc(CC)ccc1C)C2. The van der Waals surface area contributed by atoms with E-state index in [9.17, 15) is 0 Å². The van der Waals surface area contributed by atoms with Crippen molar-refractivity contribution in [3.05, 3.63) is 41.0 Å². The monoisotopic (exact) mass is 236 g/mol. The van der Waals surface area contributed by atoms with Gasteiger partial charge in [0.2, 0.25) is 0 Å². The van der Waals surface area contributed by atoms with Gasteiger partial charge in [-0.3, -0.25) is 0 Å². The van der Waals surface area contributed by atoms with Gasteiger partial charge < -0.3 is 0 Å². The lowest BCUT2D eigenvalue weighted by molar-refractivity contribution is 0.775. The summed E-state index contributed by atoms with van der Waals surface area (Å²) in [6.07, 6.45) is 11.5. The highest BCUT2D eigenvalue weighted by Gasteiger charge is 2.83. The van der Waals surface area contributed by atoms with E-state index in [4.69, 9.17) is 6.42 Å². The maximum absolute atomic E-state index is 5.68. The molecule has 1 aromatic rings. The van der Waals surface area contributed by atoms with Crippen LogP contribution in [-0.2, 0) is 6.42 Å². The summed E-state index contributed by atoms with van der Waals surface area (Å²) in [6.45, 7) is 6.57. The zero-order valence-electron chi connectivity index (χ0n) is 11.5. The number of fused-ring (bicyclic) bond motifs is 1. The van der Waals surface area contributed by atoms with Crippen molar-refractivity contribution in [1.82, 2.24) is 0 Å². The number of aryl methyl sites for hydroxylation is 2. The van der Waals surface area contributed by atoms with Gasteiger partial charge in [0.15, 0.2) is 0 Å². The molecule has 3 rings (SSSR count). The summed E-state index contributed by atoms with van der Waals surface area (Å²) < 4.78 is 0. The fourth-order valence-electron chi connectivity index (χ4n) is 3.45. The Morgan fingerprint density at radius 1 is 1.44 bits per heavy atom. The molecular weight excluding hydrogens is 216 g/mol. The Hall–Kier alpha value is -1.48. The highest BCUT2D eigenvalue weighted by Crippen LogP contribution is 2.90. The van der Waals surface area contributed by atoms with Gasteiger partial charge in [0, 0.05) is 10.8 Å². The molecule has 1 aromatic carbocycles. The minimum atomic E-state index is 0.226. The summed E-state index contributed by atoms with van der Waals surface area (Å²) in [4.78, 5) is 0. The van der Waals surface area contributed by atoms with Crippen LogP contribution in [0.1, 0.15) is 43.4 Å². The quantitative estimate of drug-likeness (QED) is 0.683. The predicted octanol–water partition coefficient (Wildman–Crippen LogP) is 4.37. The van der Waals surface area contributed by atoms with E-state index in [2.05, 4.69) is 51.0 Å². The third kappa shape index (κ3) is 1.28. The van der Waals surface area contributed by atoms with Gasteiger partial charge in [0.25, 0.3) is 0 Å². The van der Waals surface area contributed by atoms with Crippen LogP contribution in [0.25, 0.3) is 5.57 Å². The Morgan fingerprint density at radius 3 is 2.67 bits per heavy atom. The van der Waals surface area contributed by atoms with E-state index in [-0.39, 0.29) is 5.41 Å². The second-order valence-electron chi connectivity index (χ2n) is 5.87. The second-order valence-corrected chi connectivity index (χ2v) is 5.87. The molecule has 2 aliphatic carbocycles. The van der Waals surface area contributed by atoms with Crippen LogP contribution >= 0.6 is 0 Å². The van der Waals surface area contributed by atoms with E-state index in [1.807, 2.05) is 0 Å². The van der Waals surface area contributed by atoms with Crippen molar-refractivity contribution in [2.45, 2.75) is 40.0 Å². The summed E-state index contributed by atoms with van der Waals surface area (Å²) in [7, 11) is 0. The molecule has 92 valence electrons. The van der Waals surface area contributed by atoms with Gasteiger partial charge in [-0.1, -0.05) is 37.1 Å². The van der Waals surface area contributed by atoms with E-state index in [0.29, 0.717) is 5.41 Å². The summed E-state index contributed by atoms with van der Waals surface area (Å²) in [5.74, 6) is 3.02. The minimum Gasteiger partial charge on any atom is -0.119 e. The molecule has 0 atom stereocenters. The van der Waals surface area contributed by atoms with Crippen LogP contribution in [0.15, 0.2) is 24.3 Å². The molecule has 2 saturated carbocycles. The second kappa shape index (κ2) is 3.51. The first-order valence-corrected chi connectivity index (χ1v) is 6.87. The summed E-state index contributed by atoms with van der Waals surface area (Å²) in [5, 5.41) is 0. The van der Waals surface area contributed by atoms with Crippen molar-refractivity contribution < 1.29 is 0 Å². The van der Waals surface area contributed by atoms with Crippen LogP contribution in [0.5, 0.6) is 0 Å². The van der Waals surface area contributed by atoms with Crippen molar-refractivity contribution in [3.8, 4) is 12.3 Å². The summed E-state index contributed by atoms with van der Waals surface area (Å²) in [6, 6.07) is 6.84. The Morgan fingerprint density at radius 2 is 2.17 bits per heavy atom. The van der Waals surface area contributed by atoms with Gasteiger partial charge in [0.05, 0.1) is 0 Å². The van der Waals surface area contributed by atoms with Crippen LogP contribution in [0, 0.1) is 30.1 Å². The average molecular weight is 236 g/mol. The number of allylic oxidation sites excluding steroid dienone is 2. The van der Waals surface area contributed by atoms with Gasteiger partial charge in [-0.2, -0.15) is 0 Å². The molecule has 0 aliphatic heterocycles. The van der Waals surface area contributed by atoms with Crippen LogP contribution in [0.2, 0.25) is 0 Å². The summed E-state index contributed by atoms with van der Waals surface area (Å²) in [5.41, 5.74) is 6.27. The smallest absolute Gasteiger partial charge is 0.0427 e. The first-order valence-electron chi connectivity index (χ1n) is 6.87. The number of hydrogen-bond acceptors (Lipinski definition) is 0. The Bertz CT molecular complexity index is 575. The molecule has 0 spiro atoms. The third-order valence-electron chi connectivity index (χ3n) is 4.95.